The Labute approximate surface area is 140 Å². The van der Waals surface area contributed by atoms with Crippen molar-refractivity contribution in [3.05, 3.63) is 83.6 Å². The predicted molar refractivity (Wildman–Crippen MR) is 91.7 cm³/mol. The molecule has 1 aliphatic rings. The second-order valence-corrected chi connectivity index (χ2v) is 6.10. The third-order valence-corrected chi connectivity index (χ3v) is 4.45. The van der Waals surface area contributed by atoms with E-state index in [1.807, 2.05) is 6.07 Å². The minimum atomic E-state index is -0.226. The van der Waals surface area contributed by atoms with E-state index in [-0.39, 0.29) is 5.82 Å². The molecular weight excluding hydrogens is 301 g/mol. The molecular formula is C20H18FN3. The average molecular weight is 319 g/mol. The van der Waals surface area contributed by atoms with Crippen LogP contribution in [0.1, 0.15) is 16.8 Å². The number of hydrogen-bond acceptors (Lipinski definition) is 3. The van der Waals surface area contributed by atoms with Crippen molar-refractivity contribution >= 4 is 0 Å². The van der Waals surface area contributed by atoms with Crippen molar-refractivity contribution in [2.24, 2.45) is 0 Å². The third kappa shape index (κ3) is 3.05. The molecule has 2 heterocycles. The zero-order valence-electron chi connectivity index (χ0n) is 13.3. The number of fused-ring (bicyclic) bond motifs is 1. The molecule has 3 nitrogen and oxygen atoms in total. The summed E-state index contributed by atoms with van der Waals surface area (Å²) in [6, 6.07) is 17.0. The van der Waals surface area contributed by atoms with Gasteiger partial charge < -0.3 is 0 Å². The fourth-order valence-corrected chi connectivity index (χ4v) is 3.24. The van der Waals surface area contributed by atoms with Crippen molar-refractivity contribution in [1.82, 2.24) is 14.9 Å². The first-order valence-corrected chi connectivity index (χ1v) is 8.14. The van der Waals surface area contributed by atoms with Gasteiger partial charge in [0.1, 0.15) is 12.1 Å². The summed E-state index contributed by atoms with van der Waals surface area (Å²) >= 11 is 0. The van der Waals surface area contributed by atoms with E-state index in [9.17, 15) is 4.39 Å². The van der Waals surface area contributed by atoms with E-state index in [1.165, 1.54) is 23.3 Å². The van der Waals surface area contributed by atoms with Gasteiger partial charge in [0.2, 0.25) is 0 Å². The lowest BCUT2D eigenvalue weighted by Crippen LogP contribution is -2.31. The number of rotatable bonds is 3. The van der Waals surface area contributed by atoms with Gasteiger partial charge in [0.05, 0.1) is 11.4 Å². The van der Waals surface area contributed by atoms with Crippen molar-refractivity contribution in [2.45, 2.75) is 19.5 Å². The van der Waals surface area contributed by atoms with E-state index in [0.717, 1.165) is 43.0 Å². The van der Waals surface area contributed by atoms with Gasteiger partial charge in [-0.05, 0) is 36.2 Å². The smallest absolute Gasteiger partial charge is 0.123 e. The molecule has 4 rings (SSSR count). The largest absolute Gasteiger partial charge is 0.293 e. The first kappa shape index (κ1) is 15.0. The van der Waals surface area contributed by atoms with Gasteiger partial charge in [-0.1, -0.05) is 30.3 Å². The van der Waals surface area contributed by atoms with Crippen LogP contribution in [0.3, 0.4) is 0 Å². The minimum Gasteiger partial charge on any atom is -0.293 e. The Kier molecular flexibility index (Phi) is 4.05. The maximum Gasteiger partial charge on any atom is 0.123 e. The fourth-order valence-electron chi connectivity index (χ4n) is 3.24. The maximum atomic E-state index is 13.2. The molecule has 0 atom stereocenters. The van der Waals surface area contributed by atoms with E-state index in [1.54, 1.807) is 18.5 Å². The summed E-state index contributed by atoms with van der Waals surface area (Å²) in [5, 5.41) is 0. The summed E-state index contributed by atoms with van der Waals surface area (Å²) in [4.78, 5) is 11.3. The molecule has 24 heavy (non-hydrogen) atoms. The fraction of sp³-hybridized carbons (Fsp3) is 0.200. The van der Waals surface area contributed by atoms with Crippen LogP contribution in [0, 0.1) is 5.82 Å². The van der Waals surface area contributed by atoms with Crippen LogP contribution in [0.15, 0.2) is 60.9 Å². The van der Waals surface area contributed by atoms with Crippen molar-refractivity contribution in [1.29, 1.82) is 0 Å². The topological polar surface area (TPSA) is 29.0 Å². The molecule has 0 bridgehead atoms. The standard InChI is InChI=1S/C20H18FN3/c21-17-8-6-16(7-9-17)20-18-10-11-24(13-19(18)22-14-23-20)12-15-4-2-1-3-5-15/h1-9,14H,10-13H2. The zero-order chi connectivity index (χ0) is 16.4. The Morgan fingerprint density at radius 1 is 0.958 bits per heavy atom. The minimum absolute atomic E-state index is 0.226. The summed E-state index contributed by atoms with van der Waals surface area (Å²) in [7, 11) is 0. The Morgan fingerprint density at radius 2 is 1.75 bits per heavy atom. The lowest BCUT2D eigenvalue weighted by molar-refractivity contribution is 0.241. The van der Waals surface area contributed by atoms with Crippen LogP contribution in [-0.2, 0) is 19.5 Å². The summed E-state index contributed by atoms with van der Waals surface area (Å²) in [6.07, 6.45) is 2.53. The number of aromatic nitrogens is 2. The van der Waals surface area contributed by atoms with Gasteiger partial charge in [0.25, 0.3) is 0 Å². The van der Waals surface area contributed by atoms with E-state index in [2.05, 4.69) is 39.1 Å². The third-order valence-electron chi connectivity index (χ3n) is 4.45. The summed E-state index contributed by atoms with van der Waals surface area (Å²) in [5.74, 6) is -0.226. The molecule has 0 aliphatic carbocycles. The van der Waals surface area contributed by atoms with Crippen molar-refractivity contribution < 1.29 is 4.39 Å². The number of halogens is 1. The maximum absolute atomic E-state index is 13.2. The molecule has 3 aromatic rings. The molecule has 0 amide bonds. The van der Waals surface area contributed by atoms with Gasteiger partial charge >= 0.3 is 0 Å². The van der Waals surface area contributed by atoms with Crippen LogP contribution >= 0.6 is 0 Å². The Bertz CT molecular complexity index is 831. The van der Waals surface area contributed by atoms with Crippen LogP contribution < -0.4 is 0 Å². The van der Waals surface area contributed by atoms with Crippen LogP contribution in [0.4, 0.5) is 4.39 Å². The van der Waals surface area contributed by atoms with Gasteiger partial charge in [0, 0.05) is 30.8 Å². The zero-order valence-corrected chi connectivity index (χ0v) is 13.3. The van der Waals surface area contributed by atoms with Gasteiger partial charge in [-0.15, -0.1) is 0 Å². The second kappa shape index (κ2) is 6.49. The van der Waals surface area contributed by atoms with Gasteiger partial charge in [-0.3, -0.25) is 4.90 Å². The molecule has 2 aromatic carbocycles. The molecule has 0 fully saturated rings. The Hall–Kier alpha value is -2.59. The van der Waals surface area contributed by atoms with Crippen LogP contribution in [0.25, 0.3) is 11.3 Å². The lowest BCUT2D eigenvalue weighted by atomic mass is 9.98. The highest BCUT2D eigenvalue weighted by atomic mass is 19.1. The van der Waals surface area contributed by atoms with Gasteiger partial charge in [0.15, 0.2) is 0 Å². The highest BCUT2D eigenvalue weighted by Crippen LogP contribution is 2.27. The predicted octanol–water partition coefficient (Wildman–Crippen LogP) is 3.84. The van der Waals surface area contributed by atoms with Gasteiger partial charge in [-0.2, -0.15) is 0 Å². The SMILES string of the molecule is Fc1ccc(-c2ncnc3c2CCN(Cc2ccccc2)C3)cc1. The monoisotopic (exact) mass is 319 g/mol. The van der Waals surface area contributed by atoms with E-state index in [4.69, 9.17) is 0 Å². The average Bonchev–Trinajstić information content (AvgIpc) is 2.63. The summed E-state index contributed by atoms with van der Waals surface area (Å²) in [6.45, 7) is 2.72. The van der Waals surface area contributed by atoms with E-state index in [0.29, 0.717) is 0 Å². The Morgan fingerprint density at radius 3 is 2.54 bits per heavy atom. The first-order valence-electron chi connectivity index (χ1n) is 8.14. The van der Waals surface area contributed by atoms with Crippen molar-refractivity contribution in [3.63, 3.8) is 0 Å². The summed E-state index contributed by atoms with van der Waals surface area (Å²) < 4.78 is 13.2. The normalized spacial score (nSPS) is 14.4. The molecule has 1 aromatic heterocycles. The number of nitrogens with zero attached hydrogens (tertiary/aromatic N) is 3. The summed E-state index contributed by atoms with van der Waals surface area (Å²) in [5.41, 5.74) is 5.46. The van der Waals surface area contributed by atoms with Crippen LogP contribution in [0.5, 0.6) is 0 Å². The quantitative estimate of drug-likeness (QED) is 0.734. The highest BCUT2D eigenvalue weighted by Gasteiger charge is 2.21. The van der Waals surface area contributed by atoms with Crippen LogP contribution in [0.2, 0.25) is 0 Å². The second-order valence-electron chi connectivity index (χ2n) is 6.10. The molecule has 0 unspecified atom stereocenters. The molecule has 120 valence electrons. The number of hydrogen-bond donors (Lipinski definition) is 0. The molecule has 4 heteroatoms. The Balaban J connectivity index is 1.59. The van der Waals surface area contributed by atoms with E-state index >= 15 is 0 Å². The van der Waals surface area contributed by atoms with Crippen molar-refractivity contribution in [2.75, 3.05) is 6.54 Å². The first-order chi connectivity index (χ1) is 11.8. The molecule has 1 aliphatic heterocycles. The van der Waals surface area contributed by atoms with Gasteiger partial charge in [-0.25, -0.2) is 14.4 Å². The molecule has 0 saturated heterocycles. The highest BCUT2D eigenvalue weighted by molar-refractivity contribution is 5.64. The molecule has 0 N–H and O–H groups in total. The van der Waals surface area contributed by atoms with E-state index < -0.39 is 0 Å². The van der Waals surface area contributed by atoms with Crippen LogP contribution in [-0.4, -0.2) is 21.4 Å². The molecule has 0 radical (unpaired) electrons. The van der Waals surface area contributed by atoms with Crippen molar-refractivity contribution in [3.8, 4) is 11.3 Å². The number of benzene rings is 2. The molecule has 0 spiro atoms. The lowest BCUT2D eigenvalue weighted by Gasteiger charge is -2.28. The molecule has 0 saturated carbocycles.